The van der Waals surface area contributed by atoms with Gasteiger partial charge in [-0.1, -0.05) is 29.8 Å². The molecule has 10 heteroatoms. The van der Waals surface area contributed by atoms with Gasteiger partial charge in [0.25, 0.3) is 21.6 Å². The Bertz CT molecular complexity index is 1200. The number of anilines is 2. The van der Waals surface area contributed by atoms with Gasteiger partial charge < -0.3 is 5.73 Å². The van der Waals surface area contributed by atoms with Crippen molar-refractivity contribution in [2.45, 2.75) is 4.90 Å². The number of rotatable bonds is 6. The average Bonchev–Trinajstić information content (AvgIpc) is 2.68. The number of carbonyl (C=O) groups is 1. The Kier molecular flexibility index (Phi) is 5.53. The number of benzene rings is 3. The zero-order valence-corrected chi connectivity index (χ0v) is 16.3. The van der Waals surface area contributed by atoms with Gasteiger partial charge in [0.05, 0.1) is 26.8 Å². The van der Waals surface area contributed by atoms with Crippen LogP contribution in [0.25, 0.3) is 0 Å². The molecule has 0 heterocycles. The largest absolute Gasteiger partial charge is 0.366 e. The first-order chi connectivity index (χ1) is 13.7. The number of nitro groups is 1. The van der Waals surface area contributed by atoms with Gasteiger partial charge in [0.2, 0.25) is 0 Å². The lowest BCUT2D eigenvalue weighted by Gasteiger charge is -2.26. The van der Waals surface area contributed by atoms with Crippen molar-refractivity contribution in [2.75, 3.05) is 4.31 Å². The van der Waals surface area contributed by atoms with Gasteiger partial charge in [0.1, 0.15) is 0 Å². The molecule has 0 spiro atoms. The Morgan fingerprint density at radius 1 is 1.00 bits per heavy atom. The lowest BCUT2D eigenvalue weighted by Crippen LogP contribution is -2.29. The second-order valence-corrected chi connectivity index (χ2v) is 8.10. The van der Waals surface area contributed by atoms with E-state index in [2.05, 4.69) is 0 Å². The average molecular weight is 432 g/mol. The quantitative estimate of drug-likeness (QED) is 0.468. The molecule has 0 bridgehead atoms. The minimum Gasteiger partial charge on any atom is -0.366 e. The minimum atomic E-state index is -4.28. The number of nitrogens with zero attached hydrogens (tertiary/aromatic N) is 2. The van der Waals surface area contributed by atoms with E-state index >= 15 is 0 Å². The smallest absolute Gasteiger partial charge is 0.269 e. The third-order valence-corrected chi connectivity index (χ3v) is 6.01. The molecular formula is C19H14ClN3O5S. The van der Waals surface area contributed by atoms with Crippen LogP contribution in [0.1, 0.15) is 10.4 Å². The summed E-state index contributed by atoms with van der Waals surface area (Å²) in [4.78, 5) is 21.9. The molecule has 0 aromatic heterocycles. The molecule has 8 nitrogen and oxygen atoms in total. The highest BCUT2D eigenvalue weighted by molar-refractivity contribution is 7.93. The lowest BCUT2D eigenvalue weighted by atomic mass is 10.1. The summed E-state index contributed by atoms with van der Waals surface area (Å²) in [6.45, 7) is 0. The minimum absolute atomic E-state index is 0.0158. The number of primary amides is 1. The monoisotopic (exact) mass is 431 g/mol. The van der Waals surface area contributed by atoms with E-state index in [4.69, 9.17) is 17.3 Å². The van der Waals surface area contributed by atoms with Gasteiger partial charge in [0.15, 0.2) is 0 Å². The number of nitrogens with two attached hydrogens (primary N) is 1. The zero-order chi connectivity index (χ0) is 21.2. The van der Waals surface area contributed by atoms with E-state index in [1.165, 1.54) is 24.3 Å². The number of carbonyl (C=O) groups excluding carboxylic acids is 1. The van der Waals surface area contributed by atoms with E-state index in [0.29, 0.717) is 0 Å². The second-order valence-electron chi connectivity index (χ2n) is 5.88. The van der Waals surface area contributed by atoms with Crippen LogP contribution in [0.3, 0.4) is 0 Å². The van der Waals surface area contributed by atoms with E-state index in [9.17, 15) is 23.3 Å². The van der Waals surface area contributed by atoms with Gasteiger partial charge in [-0.2, -0.15) is 0 Å². The van der Waals surface area contributed by atoms with Gasteiger partial charge in [-0.3, -0.25) is 14.9 Å². The first kappa shape index (κ1) is 20.3. The Morgan fingerprint density at radius 2 is 1.66 bits per heavy atom. The van der Waals surface area contributed by atoms with E-state index in [1.807, 2.05) is 0 Å². The third kappa shape index (κ3) is 4.05. The van der Waals surface area contributed by atoms with E-state index in [1.54, 1.807) is 24.3 Å². The summed E-state index contributed by atoms with van der Waals surface area (Å²) < 4.78 is 27.9. The van der Waals surface area contributed by atoms with Crippen molar-refractivity contribution in [1.82, 2.24) is 0 Å². The Balaban J connectivity index is 2.26. The summed E-state index contributed by atoms with van der Waals surface area (Å²) in [5.41, 5.74) is 5.36. The molecule has 29 heavy (non-hydrogen) atoms. The predicted molar refractivity (Wildman–Crippen MR) is 109 cm³/mol. The molecule has 0 saturated carbocycles. The van der Waals surface area contributed by atoms with Crippen molar-refractivity contribution >= 4 is 44.6 Å². The van der Waals surface area contributed by atoms with Crippen molar-refractivity contribution in [1.29, 1.82) is 0 Å². The van der Waals surface area contributed by atoms with Crippen LogP contribution in [0.5, 0.6) is 0 Å². The molecular weight excluding hydrogens is 418 g/mol. The Labute approximate surface area is 171 Å². The molecule has 0 unspecified atom stereocenters. The highest BCUT2D eigenvalue weighted by Gasteiger charge is 2.30. The highest BCUT2D eigenvalue weighted by atomic mass is 35.5. The van der Waals surface area contributed by atoms with Crippen LogP contribution < -0.4 is 10.0 Å². The molecule has 3 aromatic rings. The molecule has 0 fully saturated rings. The van der Waals surface area contributed by atoms with Crippen LogP contribution >= 0.6 is 11.6 Å². The Morgan fingerprint density at radius 3 is 2.24 bits per heavy atom. The molecule has 0 aliphatic rings. The number of hydrogen-bond donors (Lipinski definition) is 1. The molecule has 0 aliphatic heterocycles. The van der Waals surface area contributed by atoms with Crippen LogP contribution in [-0.2, 0) is 10.0 Å². The SMILES string of the molecule is NC(=O)c1ccccc1N(c1cccc(Cl)c1)S(=O)(=O)c1ccc([N+](=O)[O-])cc1. The molecule has 0 aliphatic carbocycles. The summed E-state index contributed by atoms with van der Waals surface area (Å²) in [7, 11) is -4.28. The van der Waals surface area contributed by atoms with Gasteiger partial charge in [0, 0.05) is 17.2 Å². The fraction of sp³-hybridized carbons (Fsp3) is 0. The normalized spacial score (nSPS) is 11.1. The molecule has 3 rings (SSSR count). The maximum Gasteiger partial charge on any atom is 0.269 e. The van der Waals surface area contributed by atoms with Crippen LogP contribution in [0.15, 0.2) is 77.7 Å². The number of halogens is 1. The lowest BCUT2D eigenvalue weighted by molar-refractivity contribution is -0.384. The summed E-state index contributed by atoms with van der Waals surface area (Å²) >= 11 is 6.04. The van der Waals surface area contributed by atoms with Crippen molar-refractivity contribution in [3.8, 4) is 0 Å². The molecule has 0 saturated heterocycles. The zero-order valence-electron chi connectivity index (χ0n) is 14.7. The molecule has 2 N–H and O–H groups in total. The second kappa shape index (κ2) is 7.90. The number of nitro benzene ring substituents is 1. The number of sulfonamides is 1. The van der Waals surface area contributed by atoms with Crippen LogP contribution in [-0.4, -0.2) is 19.2 Å². The molecule has 1 amide bonds. The van der Waals surface area contributed by atoms with Gasteiger partial charge in [-0.15, -0.1) is 0 Å². The van der Waals surface area contributed by atoms with Crippen molar-refractivity contribution in [3.05, 3.63) is 93.5 Å². The number of non-ortho nitro benzene ring substituents is 1. The number of para-hydroxylation sites is 1. The van der Waals surface area contributed by atoms with E-state index in [0.717, 1.165) is 28.6 Å². The summed E-state index contributed by atoms with van der Waals surface area (Å²) in [6, 6.07) is 16.4. The third-order valence-electron chi connectivity index (χ3n) is 4.02. The summed E-state index contributed by atoms with van der Waals surface area (Å²) in [6.07, 6.45) is 0. The molecule has 148 valence electrons. The van der Waals surface area contributed by atoms with Crippen molar-refractivity contribution in [3.63, 3.8) is 0 Å². The molecule has 0 radical (unpaired) electrons. The highest BCUT2D eigenvalue weighted by Crippen LogP contribution is 2.36. The fourth-order valence-corrected chi connectivity index (χ4v) is 4.40. The van der Waals surface area contributed by atoms with E-state index in [-0.39, 0.29) is 32.5 Å². The van der Waals surface area contributed by atoms with Crippen LogP contribution in [0, 0.1) is 10.1 Å². The first-order valence-corrected chi connectivity index (χ1v) is 9.98. The standard InChI is InChI=1S/C19H14ClN3O5S/c20-13-4-3-5-15(12-13)22(18-7-2-1-6-17(18)19(21)24)29(27,28)16-10-8-14(9-11-16)23(25)26/h1-12H,(H2,21,24). The van der Waals surface area contributed by atoms with Crippen LogP contribution in [0.4, 0.5) is 17.1 Å². The molecule has 3 aromatic carbocycles. The van der Waals surface area contributed by atoms with Gasteiger partial charge in [-0.05, 0) is 42.5 Å². The predicted octanol–water partition coefficient (Wildman–Crippen LogP) is 3.87. The number of hydrogen-bond acceptors (Lipinski definition) is 5. The summed E-state index contributed by atoms with van der Waals surface area (Å²) in [5, 5.41) is 11.2. The number of amides is 1. The summed E-state index contributed by atoms with van der Waals surface area (Å²) in [5.74, 6) is -0.813. The maximum atomic E-state index is 13.5. The molecule has 0 atom stereocenters. The first-order valence-electron chi connectivity index (χ1n) is 8.16. The maximum absolute atomic E-state index is 13.5. The van der Waals surface area contributed by atoms with E-state index < -0.39 is 20.9 Å². The van der Waals surface area contributed by atoms with Crippen LogP contribution in [0.2, 0.25) is 5.02 Å². The van der Waals surface area contributed by atoms with Gasteiger partial charge >= 0.3 is 0 Å². The van der Waals surface area contributed by atoms with Gasteiger partial charge in [-0.25, -0.2) is 12.7 Å². The Hall–Kier alpha value is -3.43. The fourth-order valence-electron chi connectivity index (χ4n) is 2.71. The van der Waals surface area contributed by atoms with Crippen molar-refractivity contribution < 1.29 is 18.1 Å². The topological polar surface area (TPSA) is 124 Å². The van der Waals surface area contributed by atoms with Crippen molar-refractivity contribution in [2.24, 2.45) is 5.73 Å².